The predicted molar refractivity (Wildman–Crippen MR) is 99.9 cm³/mol. The average molecular weight is 367 g/mol. The zero-order valence-corrected chi connectivity index (χ0v) is 15.8. The normalized spacial score (nSPS) is 20.8. The van der Waals surface area contributed by atoms with Crippen LogP contribution in [0.15, 0.2) is 30.3 Å². The van der Waals surface area contributed by atoms with Crippen LogP contribution in [-0.2, 0) is 20.5 Å². The summed E-state index contributed by atoms with van der Waals surface area (Å²) in [7, 11) is -3.32. The highest BCUT2D eigenvalue weighted by molar-refractivity contribution is 7.88. The van der Waals surface area contributed by atoms with E-state index in [0.717, 1.165) is 38.0 Å². The van der Waals surface area contributed by atoms with Crippen LogP contribution in [0.1, 0.15) is 37.7 Å². The molecule has 0 aliphatic carbocycles. The summed E-state index contributed by atoms with van der Waals surface area (Å²) < 4.78 is 33.5. The predicted octanol–water partition coefficient (Wildman–Crippen LogP) is 2.48. The molecule has 25 heavy (non-hydrogen) atoms. The van der Waals surface area contributed by atoms with Gasteiger partial charge in [-0.1, -0.05) is 36.8 Å². The number of likely N-dealkylation sites (tertiary alicyclic amines) is 1. The Kier molecular flexibility index (Phi) is 6.87. The Morgan fingerprint density at radius 3 is 2.40 bits per heavy atom. The van der Waals surface area contributed by atoms with Gasteiger partial charge in [-0.05, 0) is 44.3 Å². The first kappa shape index (κ1) is 18.8. The summed E-state index contributed by atoms with van der Waals surface area (Å²) in [4.78, 5) is 2.41. The monoisotopic (exact) mass is 366 g/mol. The zero-order chi connectivity index (χ0) is 17.5. The first-order chi connectivity index (χ1) is 12.1. The third kappa shape index (κ3) is 5.51. The Morgan fingerprint density at radius 2 is 1.72 bits per heavy atom. The molecule has 0 unspecified atom stereocenters. The summed E-state index contributed by atoms with van der Waals surface area (Å²) in [5.74, 6) is 0.0885. The molecule has 3 rings (SSSR count). The number of hydrogen-bond acceptors (Lipinski definition) is 4. The van der Waals surface area contributed by atoms with E-state index in [4.69, 9.17) is 4.74 Å². The van der Waals surface area contributed by atoms with E-state index in [1.807, 2.05) is 30.3 Å². The Bertz CT molecular complexity index is 609. The number of benzene rings is 1. The van der Waals surface area contributed by atoms with Crippen LogP contribution in [-0.4, -0.2) is 63.1 Å². The van der Waals surface area contributed by atoms with Gasteiger partial charge in [0.15, 0.2) is 0 Å². The van der Waals surface area contributed by atoms with Crippen LogP contribution < -0.4 is 0 Å². The van der Waals surface area contributed by atoms with E-state index in [1.165, 1.54) is 19.3 Å². The van der Waals surface area contributed by atoms with Gasteiger partial charge in [-0.2, -0.15) is 4.31 Å². The lowest BCUT2D eigenvalue weighted by atomic mass is 10.1. The minimum Gasteiger partial charge on any atom is -0.381 e. The minimum atomic E-state index is -3.32. The summed E-state index contributed by atoms with van der Waals surface area (Å²) in [6.07, 6.45) is 5.36. The molecule has 6 heteroatoms. The van der Waals surface area contributed by atoms with E-state index in [-0.39, 0.29) is 11.8 Å². The molecule has 2 saturated heterocycles. The van der Waals surface area contributed by atoms with Gasteiger partial charge >= 0.3 is 0 Å². The fraction of sp³-hybridized carbons (Fsp3) is 0.684. The molecule has 0 bridgehead atoms. The van der Waals surface area contributed by atoms with Gasteiger partial charge in [0.25, 0.3) is 0 Å². The highest BCUT2D eigenvalue weighted by Crippen LogP contribution is 2.21. The van der Waals surface area contributed by atoms with Gasteiger partial charge in [0.1, 0.15) is 0 Å². The molecule has 0 N–H and O–H groups in total. The van der Waals surface area contributed by atoms with Gasteiger partial charge < -0.3 is 9.64 Å². The molecule has 5 nitrogen and oxygen atoms in total. The third-order valence-corrected chi connectivity index (χ3v) is 7.13. The van der Waals surface area contributed by atoms with Crippen LogP contribution in [0, 0.1) is 0 Å². The van der Waals surface area contributed by atoms with E-state index < -0.39 is 10.0 Å². The maximum Gasteiger partial charge on any atom is 0.218 e. The summed E-state index contributed by atoms with van der Waals surface area (Å²) in [5, 5.41) is 0. The highest BCUT2D eigenvalue weighted by atomic mass is 32.2. The van der Waals surface area contributed by atoms with Crippen molar-refractivity contribution in [2.45, 2.75) is 43.9 Å². The van der Waals surface area contributed by atoms with Crippen molar-refractivity contribution in [2.24, 2.45) is 0 Å². The van der Waals surface area contributed by atoms with Crippen LogP contribution in [0.25, 0.3) is 0 Å². The summed E-state index contributed by atoms with van der Waals surface area (Å²) in [6, 6.07) is 9.58. The molecule has 0 aromatic heterocycles. The smallest absolute Gasteiger partial charge is 0.218 e. The third-order valence-electron chi connectivity index (χ3n) is 5.23. The molecule has 1 aromatic rings. The number of piperidine rings is 1. The fourth-order valence-corrected chi connectivity index (χ4v) is 5.62. The zero-order valence-electron chi connectivity index (χ0n) is 15.0. The Morgan fingerprint density at radius 1 is 1.04 bits per heavy atom. The molecule has 0 spiro atoms. The summed E-state index contributed by atoms with van der Waals surface area (Å²) in [6.45, 7) is 4.95. The lowest BCUT2D eigenvalue weighted by molar-refractivity contribution is 0.0557. The Hall–Kier alpha value is -0.950. The molecule has 1 aromatic carbocycles. The number of sulfonamides is 1. The van der Waals surface area contributed by atoms with E-state index >= 15 is 0 Å². The first-order valence-corrected chi connectivity index (χ1v) is 11.1. The van der Waals surface area contributed by atoms with Gasteiger partial charge in [-0.15, -0.1) is 0 Å². The maximum atomic E-state index is 13.1. The summed E-state index contributed by atoms with van der Waals surface area (Å²) in [5.41, 5.74) is 0.859. The molecule has 0 saturated carbocycles. The lowest BCUT2D eigenvalue weighted by Gasteiger charge is -2.35. The SMILES string of the molecule is O=S(=O)(Cc1ccccc1)N(CCN1CCCCC1)C1CCOCC1. The molecular formula is C19H30N2O3S. The van der Waals surface area contributed by atoms with Gasteiger partial charge in [0.2, 0.25) is 10.0 Å². The average Bonchev–Trinajstić information content (AvgIpc) is 2.64. The van der Waals surface area contributed by atoms with Crippen molar-refractivity contribution in [3.8, 4) is 0 Å². The maximum absolute atomic E-state index is 13.1. The number of hydrogen-bond donors (Lipinski definition) is 0. The highest BCUT2D eigenvalue weighted by Gasteiger charge is 2.31. The van der Waals surface area contributed by atoms with Crippen molar-refractivity contribution in [1.29, 1.82) is 0 Å². The molecule has 2 heterocycles. The van der Waals surface area contributed by atoms with Crippen molar-refractivity contribution in [3.05, 3.63) is 35.9 Å². The second-order valence-electron chi connectivity index (χ2n) is 7.10. The number of nitrogens with zero attached hydrogens (tertiary/aromatic N) is 2. The number of rotatable bonds is 7. The van der Waals surface area contributed by atoms with Crippen LogP contribution in [0.5, 0.6) is 0 Å². The van der Waals surface area contributed by atoms with Crippen molar-refractivity contribution in [1.82, 2.24) is 9.21 Å². The van der Waals surface area contributed by atoms with E-state index in [9.17, 15) is 8.42 Å². The molecule has 2 fully saturated rings. The largest absolute Gasteiger partial charge is 0.381 e. The van der Waals surface area contributed by atoms with Gasteiger partial charge in [0.05, 0.1) is 5.75 Å². The molecule has 2 aliphatic rings. The summed E-state index contributed by atoms with van der Waals surface area (Å²) >= 11 is 0. The lowest BCUT2D eigenvalue weighted by Crippen LogP contribution is -2.47. The van der Waals surface area contributed by atoms with Crippen molar-refractivity contribution < 1.29 is 13.2 Å². The molecule has 0 atom stereocenters. The van der Waals surface area contributed by atoms with Crippen LogP contribution in [0.4, 0.5) is 0 Å². The van der Waals surface area contributed by atoms with Crippen molar-refractivity contribution >= 4 is 10.0 Å². The second kappa shape index (κ2) is 9.12. The van der Waals surface area contributed by atoms with Crippen LogP contribution >= 0.6 is 0 Å². The Balaban J connectivity index is 1.69. The number of ether oxygens (including phenoxy) is 1. The minimum absolute atomic E-state index is 0.0762. The molecule has 140 valence electrons. The van der Waals surface area contributed by atoms with E-state index in [1.54, 1.807) is 4.31 Å². The molecule has 0 amide bonds. The molecule has 0 radical (unpaired) electrons. The van der Waals surface area contributed by atoms with Crippen LogP contribution in [0.3, 0.4) is 0 Å². The van der Waals surface area contributed by atoms with Crippen molar-refractivity contribution in [2.75, 3.05) is 39.4 Å². The van der Waals surface area contributed by atoms with E-state index in [2.05, 4.69) is 4.90 Å². The van der Waals surface area contributed by atoms with Crippen molar-refractivity contribution in [3.63, 3.8) is 0 Å². The van der Waals surface area contributed by atoms with Gasteiger partial charge in [-0.25, -0.2) is 8.42 Å². The van der Waals surface area contributed by atoms with E-state index in [0.29, 0.717) is 19.8 Å². The fourth-order valence-electron chi connectivity index (χ4n) is 3.81. The van der Waals surface area contributed by atoms with Gasteiger partial charge in [-0.3, -0.25) is 0 Å². The van der Waals surface area contributed by atoms with Gasteiger partial charge in [0, 0.05) is 32.3 Å². The molecular weight excluding hydrogens is 336 g/mol. The molecule has 2 aliphatic heterocycles. The van der Waals surface area contributed by atoms with Crippen LogP contribution in [0.2, 0.25) is 0 Å². The quantitative estimate of drug-likeness (QED) is 0.744. The topological polar surface area (TPSA) is 49.9 Å². The standard InChI is InChI=1S/C19H30N2O3S/c22-25(23,17-18-7-3-1-4-8-18)21(19-9-15-24-16-10-19)14-13-20-11-5-2-6-12-20/h1,3-4,7-8,19H,2,5-6,9-17H2. The first-order valence-electron chi connectivity index (χ1n) is 9.49. The Labute approximate surface area is 152 Å². The second-order valence-corrected chi connectivity index (χ2v) is 9.02.